The van der Waals surface area contributed by atoms with Gasteiger partial charge in [-0.25, -0.2) is 0 Å². The second-order valence-corrected chi connectivity index (χ2v) is 5.45. The van der Waals surface area contributed by atoms with E-state index in [1.54, 1.807) is 6.20 Å². The molecule has 1 atom stereocenters. The minimum atomic E-state index is 0.0992. The molecule has 0 saturated carbocycles. The van der Waals surface area contributed by atoms with E-state index >= 15 is 0 Å². The summed E-state index contributed by atoms with van der Waals surface area (Å²) in [5.74, 6) is 1.21. The molecule has 1 aromatic rings. The van der Waals surface area contributed by atoms with Crippen LogP contribution in [0.1, 0.15) is 31.9 Å². The van der Waals surface area contributed by atoms with E-state index in [1.807, 2.05) is 19.1 Å². The molecule has 0 aliphatic carbocycles. The van der Waals surface area contributed by atoms with Gasteiger partial charge in [0, 0.05) is 12.6 Å². The summed E-state index contributed by atoms with van der Waals surface area (Å²) in [6, 6.07) is 3.74. The van der Waals surface area contributed by atoms with Crippen LogP contribution in [0.3, 0.4) is 0 Å². The van der Waals surface area contributed by atoms with E-state index in [-0.39, 0.29) is 5.91 Å². The minimum Gasteiger partial charge on any atom is -0.324 e. The molecule has 1 unspecified atom stereocenters. The SMILES string of the molecule is Cc1ncccc1NC(=O)CC(C)C1CCNCC1. The molecule has 2 N–H and O–H groups in total. The van der Waals surface area contributed by atoms with Crippen LogP contribution < -0.4 is 10.6 Å². The molecule has 4 nitrogen and oxygen atoms in total. The van der Waals surface area contributed by atoms with Crippen LogP contribution in [0.4, 0.5) is 5.69 Å². The number of carbonyl (C=O) groups is 1. The number of hydrogen-bond acceptors (Lipinski definition) is 3. The van der Waals surface area contributed by atoms with Crippen molar-refractivity contribution in [1.82, 2.24) is 10.3 Å². The van der Waals surface area contributed by atoms with Crippen molar-refractivity contribution in [3.05, 3.63) is 24.0 Å². The summed E-state index contributed by atoms with van der Waals surface area (Å²) in [6.45, 7) is 6.26. The third-order valence-corrected chi connectivity index (χ3v) is 3.98. The van der Waals surface area contributed by atoms with Crippen molar-refractivity contribution in [2.75, 3.05) is 18.4 Å². The maximum absolute atomic E-state index is 12.1. The van der Waals surface area contributed by atoms with Crippen LogP contribution in [0.5, 0.6) is 0 Å². The van der Waals surface area contributed by atoms with E-state index in [9.17, 15) is 4.79 Å². The summed E-state index contributed by atoms with van der Waals surface area (Å²) in [6.07, 6.45) is 4.70. The van der Waals surface area contributed by atoms with Crippen LogP contribution in [0.15, 0.2) is 18.3 Å². The number of rotatable bonds is 4. The molecule has 0 aromatic carbocycles. The first kappa shape index (κ1) is 14.0. The number of nitrogens with one attached hydrogen (secondary N) is 2. The zero-order chi connectivity index (χ0) is 13.7. The first-order valence-corrected chi connectivity index (χ1v) is 7.09. The molecule has 1 fully saturated rings. The van der Waals surface area contributed by atoms with Gasteiger partial charge < -0.3 is 10.6 Å². The first-order chi connectivity index (χ1) is 9.16. The summed E-state index contributed by atoms with van der Waals surface area (Å²) < 4.78 is 0. The van der Waals surface area contributed by atoms with Crippen LogP contribution in [-0.2, 0) is 4.79 Å². The Morgan fingerprint density at radius 1 is 1.53 bits per heavy atom. The Balaban J connectivity index is 1.85. The topological polar surface area (TPSA) is 54.0 Å². The van der Waals surface area contributed by atoms with Gasteiger partial charge in [0.25, 0.3) is 0 Å². The van der Waals surface area contributed by atoms with Crippen molar-refractivity contribution in [3.8, 4) is 0 Å². The van der Waals surface area contributed by atoms with E-state index in [4.69, 9.17) is 0 Å². The molecule has 2 rings (SSSR count). The van der Waals surface area contributed by atoms with Gasteiger partial charge in [-0.1, -0.05) is 6.92 Å². The van der Waals surface area contributed by atoms with Gasteiger partial charge >= 0.3 is 0 Å². The maximum atomic E-state index is 12.1. The highest BCUT2D eigenvalue weighted by molar-refractivity contribution is 5.91. The lowest BCUT2D eigenvalue weighted by Gasteiger charge is -2.27. The fourth-order valence-electron chi connectivity index (χ4n) is 2.69. The van der Waals surface area contributed by atoms with E-state index in [1.165, 1.54) is 12.8 Å². The highest BCUT2D eigenvalue weighted by atomic mass is 16.1. The summed E-state index contributed by atoms with van der Waals surface area (Å²) in [5.41, 5.74) is 1.69. The number of amides is 1. The van der Waals surface area contributed by atoms with E-state index in [2.05, 4.69) is 22.5 Å². The molecule has 104 valence electrons. The first-order valence-electron chi connectivity index (χ1n) is 7.09. The molecule has 19 heavy (non-hydrogen) atoms. The van der Waals surface area contributed by atoms with Crippen molar-refractivity contribution in [2.45, 2.75) is 33.1 Å². The largest absolute Gasteiger partial charge is 0.324 e. The second-order valence-electron chi connectivity index (χ2n) is 5.45. The lowest BCUT2D eigenvalue weighted by molar-refractivity contribution is -0.117. The summed E-state index contributed by atoms with van der Waals surface area (Å²) in [4.78, 5) is 16.2. The molecule has 0 spiro atoms. The number of hydrogen-bond donors (Lipinski definition) is 2. The van der Waals surface area contributed by atoms with E-state index < -0.39 is 0 Å². The van der Waals surface area contributed by atoms with Gasteiger partial charge in [-0.3, -0.25) is 9.78 Å². The van der Waals surface area contributed by atoms with Gasteiger partial charge in [-0.2, -0.15) is 0 Å². The Hall–Kier alpha value is -1.42. The number of aromatic nitrogens is 1. The predicted octanol–water partition coefficient (Wildman–Crippen LogP) is 2.35. The summed E-state index contributed by atoms with van der Waals surface area (Å²) in [5, 5.41) is 6.32. The molecular formula is C15H23N3O. The Morgan fingerprint density at radius 3 is 2.95 bits per heavy atom. The van der Waals surface area contributed by atoms with Gasteiger partial charge in [0.05, 0.1) is 11.4 Å². The predicted molar refractivity (Wildman–Crippen MR) is 77.0 cm³/mol. The number of anilines is 1. The average molecular weight is 261 g/mol. The molecule has 1 amide bonds. The van der Waals surface area contributed by atoms with Crippen LogP contribution in [0, 0.1) is 18.8 Å². The second kappa shape index (κ2) is 6.66. The van der Waals surface area contributed by atoms with Crippen LogP contribution >= 0.6 is 0 Å². The van der Waals surface area contributed by atoms with E-state index in [0.717, 1.165) is 24.5 Å². The van der Waals surface area contributed by atoms with Gasteiger partial charge in [0.15, 0.2) is 0 Å². The third kappa shape index (κ3) is 4.03. The smallest absolute Gasteiger partial charge is 0.224 e. The van der Waals surface area contributed by atoms with Crippen molar-refractivity contribution in [3.63, 3.8) is 0 Å². The molecule has 1 saturated heterocycles. The van der Waals surface area contributed by atoms with Gasteiger partial charge in [0.2, 0.25) is 5.91 Å². The van der Waals surface area contributed by atoms with Crippen LogP contribution in [0.25, 0.3) is 0 Å². The van der Waals surface area contributed by atoms with Gasteiger partial charge in [0.1, 0.15) is 0 Å². The molecule has 4 heteroatoms. The Kier molecular flexibility index (Phi) is 4.91. The fraction of sp³-hybridized carbons (Fsp3) is 0.600. The van der Waals surface area contributed by atoms with E-state index in [0.29, 0.717) is 18.3 Å². The monoisotopic (exact) mass is 261 g/mol. The molecule has 1 aromatic heterocycles. The van der Waals surface area contributed by atoms with Crippen LogP contribution in [-0.4, -0.2) is 24.0 Å². The van der Waals surface area contributed by atoms with Gasteiger partial charge in [-0.05, 0) is 56.8 Å². The minimum absolute atomic E-state index is 0.0992. The van der Waals surface area contributed by atoms with Crippen LogP contribution in [0.2, 0.25) is 0 Å². The summed E-state index contributed by atoms with van der Waals surface area (Å²) in [7, 11) is 0. The van der Waals surface area contributed by atoms with Crippen molar-refractivity contribution >= 4 is 11.6 Å². The fourth-order valence-corrected chi connectivity index (χ4v) is 2.69. The highest BCUT2D eigenvalue weighted by Crippen LogP contribution is 2.24. The zero-order valence-electron chi connectivity index (χ0n) is 11.8. The van der Waals surface area contributed by atoms with Gasteiger partial charge in [-0.15, -0.1) is 0 Å². The molecule has 2 heterocycles. The molecular weight excluding hydrogens is 238 g/mol. The maximum Gasteiger partial charge on any atom is 0.224 e. The highest BCUT2D eigenvalue weighted by Gasteiger charge is 2.22. The molecule has 0 bridgehead atoms. The third-order valence-electron chi connectivity index (χ3n) is 3.98. The Bertz CT molecular complexity index is 427. The normalized spacial score (nSPS) is 18.0. The standard InChI is InChI=1S/C15H23N3O/c1-11(13-5-8-16-9-6-13)10-15(19)18-14-4-3-7-17-12(14)2/h3-4,7,11,13,16H,5-6,8-10H2,1-2H3,(H,18,19). The number of carbonyl (C=O) groups excluding carboxylic acids is 1. The molecule has 1 aliphatic rings. The number of nitrogens with zero attached hydrogens (tertiary/aromatic N) is 1. The van der Waals surface area contributed by atoms with Crippen molar-refractivity contribution in [2.24, 2.45) is 11.8 Å². The van der Waals surface area contributed by atoms with Crippen molar-refractivity contribution in [1.29, 1.82) is 0 Å². The quantitative estimate of drug-likeness (QED) is 0.874. The zero-order valence-corrected chi connectivity index (χ0v) is 11.8. The Labute approximate surface area is 115 Å². The average Bonchev–Trinajstić information content (AvgIpc) is 2.42. The lowest BCUT2D eigenvalue weighted by atomic mass is 9.84. The lowest BCUT2D eigenvalue weighted by Crippen LogP contribution is -2.32. The number of piperidine rings is 1. The van der Waals surface area contributed by atoms with Crippen molar-refractivity contribution < 1.29 is 4.79 Å². The molecule has 1 aliphatic heterocycles. The summed E-state index contributed by atoms with van der Waals surface area (Å²) >= 11 is 0. The number of aryl methyl sites for hydroxylation is 1. The number of pyridine rings is 1. The molecule has 0 radical (unpaired) electrons. The Morgan fingerprint density at radius 2 is 2.26 bits per heavy atom.